The Morgan fingerprint density at radius 3 is 2.59 bits per heavy atom. The summed E-state index contributed by atoms with van der Waals surface area (Å²) in [7, 11) is 0. The van der Waals surface area contributed by atoms with E-state index in [-0.39, 0.29) is 5.56 Å². The highest BCUT2D eigenvalue weighted by molar-refractivity contribution is 5.88. The summed E-state index contributed by atoms with van der Waals surface area (Å²) < 4.78 is 20.0. The Morgan fingerprint density at radius 2 is 1.96 bits per heavy atom. The van der Waals surface area contributed by atoms with Crippen molar-refractivity contribution in [2.24, 2.45) is 5.92 Å². The molecule has 1 unspecified atom stereocenters. The molecular formula is C22H24FNO3. The van der Waals surface area contributed by atoms with Crippen LogP contribution >= 0.6 is 0 Å². The first kappa shape index (κ1) is 18.0. The summed E-state index contributed by atoms with van der Waals surface area (Å²) in [6.45, 7) is 4.64. The van der Waals surface area contributed by atoms with E-state index >= 15 is 0 Å². The summed E-state index contributed by atoms with van der Waals surface area (Å²) in [5.41, 5.74) is 1.87. The SMILES string of the molecule is CC(c1ccccc1)N1CC(COc2cc(F)c(C(=O)O)cc2C2CC2)C1. The molecule has 142 valence electrons. The van der Waals surface area contributed by atoms with E-state index in [2.05, 4.69) is 36.1 Å². The maximum Gasteiger partial charge on any atom is 0.338 e. The lowest BCUT2D eigenvalue weighted by Crippen LogP contribution is -2.50. The molecule has 0 radical (unpaired) electrons. The molecule has 1 saturated carbocycles. The summed E-state index contributed by atoms with van der Waals surface area (Å²) in [6, 6.07) is 13.5. The quantitative estimate of drug-likeness (QED) is 0.782. The molecule has 1 atom stereocenters. The third-order valence-corrected chi connectivity index (χ3v) is 5.64. The van der Waals surface area contributed by atoms with Crippen molar-refractivity contribution in [2.45, 2.75) is 31.7 Å². The molecule has 1 aliphatic heterocycles. The van der Waals surface area contributed by atoms with E-state index in [4.69, 9.17) is 9.84 Å². The topological polar surface area (TPSA) is 49.8 Å². The number of carboxylic acid groups (broad SMARTS) is 1. The van der Waals surface area contributed by atoms with Gasteiger partial charge in [-0.3, -0.25) is 4.90 Å². The normalized spacial score (nSPS) is 18.7. The molecule has 2 aromatic rings. The zero-order valence-corrected chi connectivity index (χ0v) is 15.4. The highest BCUT2D eigenvalue weighted by Gasteiger charge is 2.33. The van der Waals surface area contributed by atoms with Gasteiger partial charge in [0.05, 0.1) is 12.2 Å². The summed E-state index contributed by atoms with van der Waals surface area (Å²) in [5.74, 6) is -0.741. The molecule has 2 aliphatic rings. The fourth-order valence-corrected chi connectivity index (χ4v) is 3.76. The van der Waals surface area contributed by atoms with Crippen LogP contribution in [0.2, 0.25) is 0 Å². The molecule has 27 heavy (non-hydrogen) atoms. The molecule has 0 aromatic heterocycles. The fraction of sp³-hybridized carbons (Fsp3) is 0.409. The second-order valence-corrected chi connectivity index (χ2v) is 7.67. The Morgan fingerprint density at radius 1 is 1.26 bits per heavy atom. The molecule has 1 saturated heterocycles. The molecule has 4 rings (SSSR count). The number of halogens is 1. The number of aromatic carboxylic acids is 1. The zero-order chi connectivity index (χ0) is 19.0. The Kier molecular flexibility index (Phi) is 4.87. The van der Waals surface area contributed by atoms with Crippen LogP contribution in [0.4, 0.5) is 4.39 Å². The first-order valence-electron chi connectivity index (χ1n) is 9.51. The third kappa shape index (κ3) is 3.83. The van der Waals surface area contributed by atoms with Gasteiger partial charge < -0.3 is 9.84 Å². The van der Waals surface area contributed by atoms with E-state index < -0.39 is 11.8 Å². The van der Waals surface area contributed by atoms with Gasteiger partial charge in [-0.2, -0.15) is 0 Å². The molecular weight excluding hydrogens is 345 g/mol. The number of hydrogen-bond acceptors (Lipinski definition) is 3. The van der Waals surface area contributed by atoms with Gasteiger partial charge in [-0.05, 0) is 42.9 Å². The number of carbonyl (C=O) groups is 1. The smallest absolute Gasteiger partial charge is 0.338 e. The molecule has 0 bridgehead atoms. The molecule has 1 N–H and O–H groups in total. The zero-order valence-electron chi connectivity index (χ0n) is 15.4. The van der Waals surface area contributed by atoms with Crippen LogP contribution in [0.3, 0.4) is 0 Å². The van der Waals surface area contributed by atoms with Crippen LogP contribution in [-0.2, 0) is 0 Å². The van der Waals surface area contributed by atoms with Crippen LogP contribution < -0.4 is 4.74 Å². The molecule has 0 amide bonds. The predicted octanol–water partition coefficient (Wildman–Crippen LogP) is 4.47. The number of carboxylic acids is 1. The van der Waals surface area contributed by atoms with Gasteiger partial charge >= 0.3 is 5.97 Å². The highest BCUT2D eigenvalue weighted by Crippen LogP contribution is 2.45. The summed E-state index contributed by atoms with van der Waals surface area (Å²) in [5, 5.41) is 9.14. The second kappa shape index (κ2) is 7.31. The lowest BCUT2D eigenvalue weighted by atomic mass is 9.96. The lowest BCUT2D eigenvalue weighted by Gasteiger charge is -2.43. The van der Waals surface area contributed by atoms with Crippen LogP contribution in [0, 0.1) is 11.7 Å². The predicted molar refractivity (Wildman–Crippen MR) is 101 cm³/mol. The van der Waals surface area contributed by atoms with E-state index in [1.54, 1.807) is 0 Å². The maximum absolute atomic E-state index is 14.1. The van der Waals surface area contributed by atoms with Crippen molar-refractivity contribution >= 4 is 5.97 Å². The van der Waals surface area contributed by atoms with Gasteiger partial charge in [0.2, 0.25) is 0 Å². The Hall–Kier alpha value is -2.40. The summed E-state index contributed by atoms with van der Waals surface area (Å²) >= 11 is 0. The van der Waals surface area contributed by atoms with Crippen LogP contribution in [0.1, 0.15) is 53.2 Å². The first-order chi connectivity index (χ1) is 13.0. The van der Waals surface area contributed by atoms with E-state index in [0.717, 1.165) is 31.5 Å². The van der Waals surface area contributed by atoms with E-state index in [1.807, 2.05) is 6.07 Å². The average molecular weight is 369 g/mol. The van der Waals surface area contributed by atoms with E-state index in [0.29, 0.717) is 30.2 Å². The number of benzene rings is 2. The van der Waals surface area contributed by atoms with Crippen molar-refractivity contribution in [2.75, 3.05) is 19.7 Å². The monoisotopic (exact) mass is 369 g/mol. The molecule has 0 spiro atoms. The minimum atomic E-state index is -1.23. The van der Waals surface area contributed by atoms with Gasteiger partial charge in [-0.15, -0.1) is 0 Å². The standard InChI is InChI=1S/C22H24FNO3/c1-14(16-5-3-2-4-6-16)24-11-15(12-24)13-27-21-10-20(23)19(22(25)26)9-18(21)17-7-8-17/h2-6,9-10,14-15,17H,7-8,11-13H2,1H3,(H,25,26). The van der Waals surface area contributed by atoms with Crippen LogP contribution in [0.25, 0.3) is 0 Å². The Bertz CT molecular complexity index is 829. The van der Waals surface area contributed by atoms with Crippen molar-refractivity contribution in [3.63, 3.8) is 0 Å². The Balaban J connectivity index is 1.36. The van der Waals surface area contributed by atoms with Gasteiger partial charge in [-0.1, -0.05) is 30.3 Å². The minimum Gasteiger partial charge on any atom is -0.493 e. The third-order valence-electron chi connectivity index (χ3n) is 5.64. The number of rotatable bonds is 7. The number of likely N-dealkylation sites (tertiary alicyclic amines) is 1. The van der Waals surface area contributed by atoms with Crippen molar-refractivity contribution in [1.82, 2.24) is 4.90 Å². The van der Waals surface area contributed by atoms with Crippen molar-refractivity contribution in [1.29, 1.82) is 0 Å². The largest absolute Gasteiger partial charge is 0.493 e. The lowest BCUT2D eigenvalue weighted by molar-refractivity contribution is 0.0307. The molecule has 1 aliphatic carbocycles. The van der Waals surface area contributed by atoms with Gasteiger partial charge in [0, 0.05) is 31.1 Å². The van der Waals surface area contributed by atoms with Gasteiger partial charge in [0.1, 0.15) is 11.6 Å². The van der Waals surface area contributed by atoms with Crippen molar-refractivity contribution in [3.05, 3.63) is 65.0 Å². The summed E-state index contributed by atoms with van der Waals surface area (Å²) in [4.78, 5) is 13.6. The fourth-order valence-electron chi connectivity index (χ4n) is 3.76. The molecule has 2 aromatic carbocycles. The average Bonchev–Trinajstić information content (AvgIpc) is 3.45. The summed E-state index contributed by atoms with van der Waals surface area (Å²) in [6.07, 6.45) is 2.01. The molecule has 5 heteroatoms. The van der Waals surface area contributed by atoms with E-state index in [1.165, 1.54) is 17.7 Å². The molecule has 2 fully saturated rings. The number of ether oxygens (including phenoxy) is 1. The molecule has 4 nitrogen and oxygen atoms in total. The highest BCUT2D eigenvalue weighted by atomic mass is 19.1. The van der Waals surface area contributed by atoms with Gasteiger partial charge in [0.15, 0.2) is 0 Å². The van der Waals surface area contributed by atoms with E-state index in [9.17, 15) is 9.18 Å². The number of nitrogens with zero attached hydrogens (tertiary/aromatic N) is 1. The van der Waals surface area contributed by atoms with Crippen LogP contribution in [-0.4, -0.2) is 35.7 Å². The van der Waals surface area contributed by atoms with Crippen molar-refractivity contribution < 1.29 is 19.0 Å². The second-order valence-electron chi connectivity index (χ2n) is 7.67. The van der Waals surface area contributed by atoms with Crippen molar-refractivity contribution in [3.8, 4) is 5.75 Å². The van der Waals surface area contributed by atoms with Gasteiger partial charge in [0.25, 0.3) is 0 Å². The van der Waals surface area contributed by atoms with Crippen LogP contribution in [0.5, 0.6) is 5.75 Å². The van der Waals surface area contributed by atoms with Crippen LogP contribution in [0.15, 0.2) is 42.5 Å². The van der Waals surface area contributed by atoms with Gasteiger partial charge in [-0.25, -0.2) is 9.18 Å². The Labute approximate surface area is 158 Å². The maximum atomic E-state index is 14.1. The molecule has 1 heterocycles. The minimum absolute atomic E-state index is 0.268. The number of hydrogen-bond donors (Lipinski definition) is 1. The first-order valence-corrected chi connectivity index (χ1v) is 9.51.